The number of anilines is 1. The van der Waals surface area contributed by atoms with E-state index in [-0.39, 0.29) is 6.29 Å². The van der Waals surface area contributed by atoms with E-state index >= 15 is 0 Å². The van der Waals surface area contributed by atoms with Crippen LogP contribution in [0.1, 0.15) is 22.4 Å². The first-order valence-corrected chi connectivity index (χ1v) is 9.44. The van der Waals surface area contributed by atoms with Gasteiger partial charge in [0.25, 0.3) is 6.29 Å². The zero-order chi connectivity index (χ0) is 18.4. The number of benzene rings is 1. The summed E-state index contributed by atoms with van der Waals surface area (Å²) >= 11 is 0. The van der Waals surface area contributed by atoms with Gasteiger partial charge >= 0.3 is 0 Å². The van der Waals surface area contributed by atoms with E-state index in [0.717, 1.165) is 25.3 Å². The third-order valence-electron chi connectivity index (χ3n) is 5.80. The number of aromatic nitrogens is 2. The lowest BCUT2D eigenvalue weighted by Crippen LogP contribution is -2.31. The Bertz CT molecular complexity index is 1030. The van der Waals surface area contributed by atoms with Crippen LogP contribution in [0.4, 0.5) is 5.82 Å². The van der Waals surface area contributed by atoms with Crippen LogP contribution in [-0.2, 0) is 29.0 Å². The highest BCUT2D eigenvalue weighted by atomic mass is 16.7. The van der Waals surface area contributed by atoms with E-state index in [1.54, 1.807) is 12.5 Å². The first-order valence-electron chi connectivity index (χ1n) is 9.44. The quantitative estimate of drug-likeness (QED) is 0.705. The summed E-state index contributed by atoms with van der Waals surface area (Å²) < 4.78 is 13.3. The van der Waals surface area contributed by atoms with E-state index in [0.29, 0.717) is 6.54 Å². The maximum absolute atomic E-state index is 5.51. The standard InChI is InChI=1S/C22H23N3O2/c1-15-16(2)25(14-20-26-11-12-27-20)19-7-9-23-22(21(15)19)24-10-8-17-5-3-4-6-18(17)13-24/h3-7,9,11-12,20H,8,10,13-14H2,1-2H3. The van der Waals surface area contributed by atoms with Crippen LogP contribution in [0.25, 0.3) is 10.9 Å². The van der Waals surface area contributed by atoms with E-state index in [2.05, 4.69) is 53.6 Å². The molecule has 2 aliphatic rings. The molecular weight excluding hydrogens is 338 g/mol. The Kier molecular flexibility index (Phi) is 3.81. The number of rotatable bonds is 3. The van der Waals surface area contributed by atoms with Gasteiger partial charge in [-0.25, -0.2) is 4.98 Å². The summed E-state index contributed by atoms with van der Waals surface area (Å²) in [5.74, 6) is 1.08. The number of fused-ring (bicyclic) bond motifs is 2. The molecule has 0 spiro atoms. The largest absolute Gasteiger partial charge is 0.457 e. The van der Waals surface area contributed by atoms with Crippen LogP contribution < -0.4 is 4.90 Å². The topological polar surface area (TPSA) is 39.5 Å². The highest BCUT2D eigenvalue weighted by Gasteiger charge is 2.24. The molecule has 4 heterocycles. The molecule has 0 bridgehead atoms. The predicted octanol–water partition coefficient (Wildman–Crippen LogP) is 4.06. The number of ether oxygens (including phenoxy) is 2. The highest BCUT2D eigenvalue weighted by Crippen LogP contribution is 2.34. The molecule has 138 valence electrons. The van der Waals surface area contributed by atoms with Gasteiger partial charge in [0, 0.05) is 30.4 Å². The Morgan fingerprint density at radius 2 is 1.85 bits per heavy atom. The fourth-order valence-corrected chi connectivity index (χ4v) is 4.25. The molecule has 0 saturated carbocycles. The lowest BCUT2D eigenvalue weighted by atomic mass is 9.99. The molecule has 27 heavy (non-hydrogen) atoms. The van der Waals surface area contributed by atoms with Crippen molar-refractivity contribution in [2.75, 3.05) is 11.4 Å². The van der Waals surface area contributed by atoms with Crippen molar-refractivity contribution in [1.29, 1.82) is 0 Å². The minimum atomic E-state index is -0.267. The molecule has 5 rings (SSSR count). The Morgan fingerprint density at radius 1 is 1.07 bits per heavy atom. The number of pyridine rings is 1. The molecule has 5 nitrogen and oxygen atoms in total. The van der Waals surface area contributed by atoms with Crippen LogP contribution in [0, 0.1) is 13.8 Å². The van der Waals surface area contributed by atoms with E-state index in [4.69, 9.17) is 14.5 Å². The first kappa shape index (κ1) is 16.2. The van der Waals surface area contributed by atoms with Gasteiger partial charge in [-0.2, -0.15) is 0 Å². The van der Waals surface area contributed by atoms with Crippen LogP contribution >= 0.6 is 0 Å². The Labute approximate surface area is 158 Å². The Balaban J connectivity index is 1.56. The maximum atomic E-state index is 5.51. The second kappa shape index (κ2) is 6.34. The molecule has 0 amide bonds. The number of hydrogen-bond donors (Lipinski definition) is 0. The summed E-state index contributed by atoms with van der Waals surface area (Å²) in [5.41, 5.74) is 6.55. The second-order valence-corrected chi connectivity index (χ2v) is 7.26. The van der Waals surface area contributed by atoms with Gasteiger partial charge in [0.15, 0.2) is 0 Å². The van der Waals surface area contributed by atoms with Crippen molar-refractivity contribution >= 4 is 16.7 Å². The van der Waals surface area contributed by atoms with Crippen molar-refractivity contribution in [2.45, 2.75) is 39.6 Å². The van der Waals surface area contributed by atoms with Crippen LogP contribution in [0.3, 0.4) is 0 Å². The molecule has 5 heteroatoms. The molecule has 0 N–H and O–H groups in total. The van der Waals surface area contributed by atoms with Crippen LogP contribution in [0.2, 0.25) is 0 Å². The van der Waals surface area contributed by atoms with Crippen LogP contribution in [0.5, 0.6) is 0 Å². The first-order chi connectivity index (χ1) is 13.2. The van der Waals surface area contributed by atoms with Crippen molar-refractivity contribution in [2.24, 2.45) is 0 Å². The lowest BCUT2D eigenvalue weighted by molar-refractivity contribution is -0.0337. The number of aryl methyl sites for hydroxylation is 1. The van der Waals surface area contributed by atoms with Gasteiger partial charge < -0.3 is 18.9 Å². The average Bonchev–Trinajstić information content (AvgIpc) is 3.31. The molecule has 0 radical (unpaired) electrons. The lowest BCUT2D eigenvalue weighted by Gasteiger charge is -2.30. The highest BCUT2D eigenvalue weighted by molar-refractivity contribution is 5.94. The monoisotopic (exact) mass is 361 g/mol. The van der Waals surface area contributed by atoms with E-state index in [9.17, 15) is 0 Å². The van der Waals surface area contributed by atoms with E-state index in [1.165, 1.54) is 33.3 Å². The summed E-state index contributed by atoms with van der Waals surface area (Å²) in [6.45, 7) is 6.91. The molecule has 3 aromatic rings. The van der Waals surface area contributed by atoms with Gasteiger partial charge in [-0.15, -0.1) is 0 Å². The van der Waals surface area contributed by atoms with Gasteiger partial charge in [-0.1, -0.05) is 24.3 Å². The fraction of sp³-hybridized carbons (Fsp3) is 0.318. The molecule has 0 atom stereocenters. The van der Waals surface area contributed by atoms with E-state index < -0.39 is 0 Å². The summed E-state index contributed by atoms with van der Waals surface area (Å²) in [6.07, 6.45) is 5.93. The van der Waals surface area contributed by atoms with Crippen molar-refractivity contribution in [3.8, 4) is 0 Å². The van der Waals surface area contributed by atoms with Gasteiger partial charge in [0.05, 0.1) is 12.1 Å². The fourth-order valence-electron chi connectivity index (χ4n) is 4.25. The molecule has 0 saturated heterocycles. The van der Waals surface area contributed by atoms with Gasteiger partial charge in [0.1, 0.15) is 18.3 Å². The summed E-state index contributed by atoms with van der Waals surface area (Å²) in [5, 5.41) is 1.24. The van der Waals surface area contributed by atoms with Crippen molar-refractivity contribution in [1.82, 2.24) is 9.55 Å². The number of nitrogens with zero attached hydrogens (tertiary/aromatic N) is 3. The molecule has 2 aromatic heterocycles. The van der Waals surface area contributed by atoms with Gasteiger partial charge in [-0.3, -0.25) is 0 Å². The van der Waals surface area contributed by atoms with Crippen LogP contribution in [0.15, 0.2) is 49.1 Å². The minimum absolute atomic E-state index is 0.267. The van der Waals surface area contributed by atoms with Crippen molar-refractivity contribution in [3.05, 3.63) is 71.4 Å². The third-order valence-corrected chi connectivity index (χ3v) is 5.80. The molecule has 1 aromatic carbocycles. The van der Waals surface area contributed by atoms with E-state index in [1.807, 2.05) is 6.20 Å². The Hall–Kier alpha value is -2.95. The van der Waals surface area contributed by atoms with Crippen molar-refractivity contribution in [3.63, 3.8) is 0 Å². The Morgan fingerprint density at radius 3 is 2.67 bits per heavy atom. The van der Waals surface area contributed by atoms with Gasteiger partial charge in [0.2, 0.25) is 0 Å². The smallest absolute Gasteiger partial charge is 0.257 e. The normalized spacial score (nSPS) is 16.4. The van der Waals surface area contributed by atoms with Crippen molar-refractivity contribution < 1.29 is 9.47 Å². The SMILES string of the molecule is Cc1c(C)n(CC2OC=CO2)c2ccnc(N3CCc4ccccc4C3)c12. The zero-order valence-corrected chi connectivity index (χ0v) is 15.7. The molecular formula is C22H23N3O2. The summed E-state index contributed by atoms with van der Waals surface area (Å²) in [4.78, 5) is 7.20. The zero-order valence-electron chi connectivity index (χ0n) is 15.7. The average molecular weight is 361 g/mol. The third kappa shape index (κ3) is 2.65. The molecule has 0 fully saturated rings. The summed E-state index contributed by atoms with van der Waals surface area (Å²) in [7, 11) is 0. The minimum Gasteiger partial charge on any atom is -0.457 e. The predicted molar refractivity (Wildman–Crippen MR) is 106 cm³/mol. The second-order valence-electron chi connectivity index (χ2n) is 7.26. The number of hydrogen-bond acceptors (Lipinski definition) is 4. The molecule has 2 aliphatic heterocycles. The molecule has 0 unspecified atom stereocenters. The molecule has 0 aliphatic carbocycles. The maximum Gasteiger partial charge on any atom is 0.257 e. The van der Waals surface area contributed by atoms with Crippen LogP contribution in [-0.4, -0.2) is 22.4 Å². The van der Waals surface area contributed by atoms with Gasteiger partial charge in [-0.05, 0) is 43.0 Å². The summed E-state index contributed by atoms with van der Waals surface area (Å²) in [6, 6.07) is 10.8.